The van der Waals surface area contributed by atoms with E-state index in [1.165, 1.54) is 32.1 Å². The van der Waals surface area contributed by atoms with Gasteiger partial charge in [-0.25, -0.2) is 0 Å². The van der Waals surface area contributed by atoms with Crippen molar-refractivity contribution in [3.8, 4) is 0 Å². The highest BCUT2D eigenvalue weighted by atomic mass is 79.9. The van der Waals surface area contributed by atoms with Crippen molar-refractivity contribution < 1.29 is 14.3 Å². The second kappa shape index (κ2) is 7.94. The third-order valence-corrected chi connectivity index (χ3v) is 8.56. The Morgan fingerprint density at radius 3 is 2.37 bits per heavy atom. The Labute approximate surface area is 187 Å². The number of rotatable bonds is 5. The molecule has 2 atom stereocenters. The maximum atomic E-state index is 12.8. The lowest BCUT2D eigenvalue weighted by atomic mass is 9.48. The molecule has 1 heterocycles. The maximum absolute atomic E-state index is 12.8. The minimum atomic E-state index is 0.0550. The van der Waals surface area contributed by atoms with Gasteiger partial charge in [-0.05, 0) is 73.5 Å². The molecule has 30 heavy (non-hydrogen) atoms. The normalized spacial score (nSPS) is 34.8. The first-order valence-electron chi connectivity index (χ1n) is 11.3. The number of hydrogen-bond donors (Lipinski definition) is 1. The van der Waals surface area contributed by atoms with Gasteiger partial charge in [-0.3, -0.25) is 9.59 Å². The Bertz CT molecular complexity index is 804. The summed E-state index contributed by atoms with van der Waals surface area (Å²) in [4.78, 5) is 27.2. The number of benzene rings is 1. The molecule has 4 saturated carbocycles. The Morgan fingerprint density at radius 2 is 1.73 bits per heavy atom. The second-order valence-corrected chi connectivity index (χ2v) is 11.8. The van der Waals surface area contributed by atoms with Crippen LogP contribution in [0.3, 0.4) is 0 Å². The van der Waals surface area contributed by atoms with Gasteiger partial charge in [0, 0.05) is 35.9 Å². The number of halogens is 1. The minimum Gasteiger partial charge on any atom is -0.378 e. The van der Waals surface area contributed by atoms with Gasteiger partial charge in [-0.2, -0.15) is 0 Å². The summed E-state index contributed by atoms with van der Waals surface area (Å²) in [5.41, 5.74) is 1.93. The van der Waals surface area contributed by atoms with E-state index < -0.39 is 0 Å². The van der Waals surface area contributed by atoms with Gasteiger partial charge in [0.1, 0.15) is 0 Å². The van der Waals surface area contributed by atoms with Crippen LogP contribution < -0.4 is 5.32 Å². The van der Waals surface area contributed by atoms with Gasteiger partial charge >= 0.3 is 0 Å². The van der Waals surface area contributed by atoms with Crippen molar-refractivity contribution in [2.45, 2.75) is 55.8 Å². The fraction of sp³-hybridized carbons (Fsp3) is 0.667. The number of nitrogens with one attached hydrogen (secondary N) is 1. The minimum absolute atomic E-state index is 0.0550. The molecule has 5 nitrogen and oxygen atoms in total. The molecule has 5 aliphatic rings. The van der Waals surface area contributed by atoms with Crippen molar-refractivity contribution in [1.82, 2.24) is 10.2 Å². The summed E-state index contributed by atoms with van der Waals surface area (Å²) in [5, 5.41) is 3.13. The van der Waals surface area contributed by atoms with Crippen LogP contribution in [0.5, 0.6) is 0 Å². The fourth-order valence-corrected chi connectivity index (χ4v) is 8.37. The molecule has 1 N–H and O–H groups in total. The first kappa shape index (κ1) is 20.5. The molecule has 0 aromatic heterocycles. The summed E-state index contributed by atoms with van der Waals surface area (Å²) in [5.74, 6) is 1.82. The summed E-state index contributed by atoms with van der Waals surface area (Å²) in [6.07, 6.45) is 8.21. The zero-order valence-electron chi connectivity index (χ0n) is 17.5. The van der Waals surface area contributed by atoms with Crippen LogP contribution >= 0.6 is 15.9 Å². The SMILES string of the molecule is O=C(CC12CC3CC(CC(Br)(C3)C1)C2)NCc1ccc(C(=O)N2CCOCC2)cc1. The molecule has 1 aromatic carbocycles. The van der Waals surface area contributed by atoms with Gasteiger partial charge in [-0.15, -0.1) is 0 Å². The molecule has 5 fully saturated rings. The van der Waals surface area contributed by atoms with E-state index in [0.717, 1.165) is 23.8 Å². The van der Waals surface area contributed by atoms with Crippen LogP contribution in [0.4, 0.5) is 0 Å². The number of amides is 2. The van der Waals surface area contributed by atoms with Crippen molar-refractivity contribution in [2.24, 2.45) is 17.3 Å². The summed E-state index contributed by atoms with van der Waals surface area (Å²) in [7, 11) is 0. The topological polar surface area (TPSA) is 58.6 Å². The number of carbonyl (C=O) groups excluding carboxylic acids is 2. The lowest BCUT2D eigenvalue weighted by molar-refractivity contribution is -0.128. The van der Waals surface area contributed by atoms with E-state index in [9.17, 15) is 9.59 Å². The number of morpholine rings is 1. The second-order valence-electron chi connectivity index (χ2n) is 10.2. The molecule has 2 amide bonds. The van der Waals surface area contributed by atoms with E-state index in [-0.39, 0.29) is 17.2 Å². The number of nitrogens with zero attached hydrogens (tertiary/aromatic N) is 1. The van der Waals surface area contributed by atoms with Gasteiger partial charge in [0.15, 0.2) is 0 Å². The van der Waals surface area contributed by atoms with E-state index in [1.54, 1.807) is 0 Å². The van der Waals surface area contributed by atoms with E-state index in [0.29, 0.717) is 49.2 Å². The first-order valence-corrected chi connectivity index (χ1v) is 12.1. The van der Waals surface area contributed by atoms with E-state index in [4.69, 9.17) is 4.74 Å². The average molecular weight is 475 g/mol. The number of carbonyl (C=O) groups is 2. The molecule has 4 aliphatic carbocycles. The Balaban J connectivity index is 1.15. The molecule has 6 rings (SSSR count). The molecule has 0 radical (unpaired) electrons. The van der Waals surface area contributed by atoms with Gasteiger partial charge in [0.05, 0.1) is 13.2 Å². The van der Waals surface area contributed by atoms with Gasteiger partial charge < -0.3 is 15.0 Å². The summed E-state index contributed by atoms with van der Waals surface area (Å²) >= 11 is 4.04. The summed E-state index contributed by atoms with van der Waals surface area (Å²) < 4.78 is 5.61. The molecule has 162 valence electrons. The Kier molecular flexibility index (Phi) is 5.42. The summed E-state index contributed by atoms with van der Waals surface area (Å²) in [6.45, 7) is 3.03. The fourth-order valence-electron chi connectivity index (χ4n) is 6.86. The van der Waals surface area contributed by atoms with Gasteiger partial charge in [0.2, 0.25) is 5.91 Å². The molecule has 4 bridgehead atoms. The predicted octanol–water partition coefficient (Wildman–Crippen LogP) is 3.90. The lowest BCUT2D eigenvalue weighted by Crippen LogP contribution is -2.54. The van der Waals surface area contributed by atoms with Crippen LogP contribution in [0.1, 0.15) is 60.9 Å². The van der Waals surface area contributed by atoms with Gasteiger partial charge in [-0.1, -0.05) is 28.1 Å². The van der Waals surface area contributed by atoms with Crippen molar-refractivity contribution in [2.75, 3.05) is 26.3 Å². The molecule has 2 unspecified atom stereocenters. The lowest BCUT2D eigenvalue weighted by Gasteiger charge is -2.60. The molecule has 1 aliphatic heterocycles. The Hall–Kier alpha value is -1.40. The van der Waals surface area contributed by atoms with Crippen molar-refractivity contribution in [1.29, 1.82) is 0 Å². The zero-order valence-corrected chi connectivity index (χ0v) is 19.1. The van der Waals surface area contributed by atoms with E-state index in [1.807, 2.05) is 29.2 Å². The van der Waals surface area contributed by atoms with Gasteiger partial charge in [0.25, 0.3) is 5.91 Å². The van der Waals surface area contributed by atoms with Crippen LogP contribution in [0.25, 0.3) is 0 Å². The molecule has 6 heteroatoms. The van der Waals surface area contributed by atoms with E-state index >= 15 is 0 Å². The van der Waals surface area contributed by atoms with Crippen molar-refractivity contribution in [3.63, 3.8) is 0 Å². The van der Waals surface area contributed by atoms with Crippen LogP contribution in [-0.4, -0.2) is 47.3 Å². The van der Waals surface area contributed by atoms with Crippen LogP contribution in [0.15, 0.2) is 24.3 Å². The quantitative estimate of drug-likeness (QED) is 0.658. The molecule has 1 saturated heterocycles. The molecule has 1 aromatic rings. The highest BCUT2D eigenvalue weighted by molar-refractivity contribution is 9.10. The standard InChI is InChI=1S/C24H31BrN2O3/c25-24-12-18-9-19(13-24)11-23(10-18,16-24)14-21(28)26-15-17-1-3-20(4-2-17)22(29)27-5-7-30-8-6-27/h1-4,18-19H,5-16H2,(H,26,28). The average Bonchev–Trinajstić information content (AvgIpc) is 2.70. The molecule has 0 spiro atoms. The molecular weight excluding hydrogens is 444 g/mol. The zero-order chi connectivity index (χ0) is 20.8. The smallest absolute Gasteiger partial charge is 0.254 e. The Morgan fingerprint density at radius 1 is 1.07 bits per heavy atom. The summed E-state index contributed by atoms with van der Waals surface area (Å²) in [6, 6.07) is 7.64. The maximum Gasteiger partial charge on any atom is 0.254 e. The third kappa shape index (κ3) is 4.18. The number of hydrogen-bond acceptors (Lipinski definition) is 3. The monoisotopic (exact) mass is 474 g/mol. The van der Waals surface area contributed by atoms with E-state index in [2.05, 4.69) is 21.2 Å². The van der Waals surface area contributed by atoms with Crippen molar-refractivity contribution in [3.05, 3.63) is 35.4 Å². The van der Waals surface area contributed by atoms with Crippen LogP contribution in [-0.2, 0) is 16.1 Å². The van der Waals surface area contributed by atoms with Crippen molar-refractivity contribution >= 4 is 27.7 Å². The van der Waals surface area contributed by atoms with Crippen LogP contribution in [0.2, 0.25) is 0 Å². The molecular formula is C24H31BrN2O3. The highest BCUT2D eigenvalue weighted by Crippen LogP contribution is 2.65. The number of alkyl halides is 1. The first-order chi connectivity index (χ1) is 14.4. The largest absolute Gasteiger partial charge is 0.378 e. The highest BCUT2D eigenvalue weighted by Gasteiger charge is 2.57. The predicted molar refractivity (Wildman–Crippen MR) is 118 cm³/mol. The third-order valence-electron chi connectivity index (χ3n) is 7.64. The number of ether oxygens (including phenoxy) is 1. The van der Waals surface area contributed by atoms with Crippen LogP contribution in [0, 0.1) is 17.3 Å².